The number of hydrogen-bond acceptors (Lipinski definition) is 6. The number of aryl methyl sites for hydroxylation is 2. The monoisotopic (exact) mass is 431 g/mol. The van der Waals surface area contributed by atoms with Crippen LogP contribution in [0.25, 0.3) is 17.3 Å². The Kier molecular flexibility index (Phi) is 5.01. The Morgan fingerprint density at radius 2 is 1.81 bits per heavy atom. The van der Waals surface area contributed by atoms with Crippen molar-refractivity contribution >= 4 is 29.0 Å². The number of rotatable bonds is 2. The lowest BCUT2D eigenvalue weighted by Gasteiger charge is -2.43. The van der Waals surface area contributed by atoms with E-state index in [2.05, 4.69) is 41.7 Å². The van der Waals surface area contributed by atoms with Gasteiger partial charge in [-0.2, -0.15) is 0 Å². The average molecular weight is 432 g/mol. The summed E-state index contributed by atoms with van der Waals surface area (Å²) in [6.45, 7) is 10.3. The van der Waals surface area contributed by atoms with Crippen LogP contribution in [0.3, 0.4) is 0 Å². The van der Waals surface area contributed by atoms with E-state index >= 15 is 0 Å². The van der Waals surface area contributed by atoms with E-state index in [4.69, 9.17) is 9.72 Å². The van der Waals surface area contributed by atoms with Gasteiger partial charge in [0, 0.05) is 54.9 Å². The summed E-state index contributed by atoms with van der Waals surface area (Å²) in [7, 11) is 2.18. The standard InChI is InChI=1S/C25H29N5O2/c1-15-11-30-14-22(27-25(30)18(4)26-15)20-8-19-6-7-21(10-23(19)32-24(31)9-20)29-12-16(2)28(5)17(3)13-29/h6-8,10-11,14,16-17H,9,12-13H2,1-5H3. The fourth-order valence-electron chi connectivity index (χ4n) is 4.72. The molecule has 0 amide bonds. The largest absolute Gasteiger partial charge is 0.426 e. The fraction of sp³-hybridized carbons (Fsp3) is 0.400. The van der Waals surface area contributed by atoms with Crippen molar-refractivity contribution in [3.8, 4) is 5.75 Å². The first kappa shape index (κ1) is 20.7. The second kappa shape index (κ2) is 7.74. The lowest BCUT2D eigenvalue weighted by atomic mass is 10.0. The Morgan fingerprint density at radius 1 is 1.06 bits per heavy atom. The van der Waals surface area contributed by atoms with E-state index in [9.17, 15) is 4.79 Å². The zero-order valence-corrected chi connectivity index (χ0v) is 19.3. The number of benzene rings is 1. The molecule has 2 unspecified atom stereocenters. The summed E-state index contributed by atoms with van der Waals surface area (Å²) in [6, 6.07) is 7.09. The van der Waals surface area contributed by atoms with Crippen molar-refractivity contribution in [1.82, 2.24) is 19.3 Å². The normalized spacial score (nSPS) is 21.8. The summed E-state index contributed by atoms with van der Waals surface area (Å²) >= 11 is 0. The van der Waals surface area contributed by atoms with Gasteiger partial charge in [0.25, 0.3) is 0 Å². The Hall–Kier alpha value is -3.19. The Morgan fingerprint density at radius 3 is 2.56 bits per heavy atom. The second-order valence-corrected chi connectivity index (χ2v) is 9.14. The molecule has 0 saturated carbocycles. The van der Waals surface area contributed by atoms with Gasteiger partial charge in [-0.15, -0.1) is 0 Å². The molecular weight excluding hydrogens is 402 g/mol. The molecular formula is C25H29N5O2. The SMILES string of the molecule is Cc1cn2cc(C3=Cc4ccc(N5CC(C)N(C)C(C)C5)cc4OC(=O)C3)nc2c(C)n1. The maximum absolute atomic E-state index is 12.7. The van der Waals surface area contributed by atoms with Crippen molar-refractivity contribution in [3.05, 3.63) is 53.2 Å². The molecule has 7 heteroatoms. The molecule has 0 N–H and O–H groups in total. The van der Waals surface area contributed by atoms with Gasteiger partial charge >= 0.3 is 5.97 Å². The number of likely N-dealkylation sites (N-methyl/N-ethyl adjacent to an activating group) is 1. The first-order valence-corrected chi connectivity index (χ1v) is 11.1. The number of nitrogens with zero attached hydrogens (tertiary/aromatic N) is 5. The molecule has 0 bridgehead atoms. The molecule has 1 saturated heterocycles. The average Bonchev–Trinajstić information content (AvgIpc) is 3.08. The van der Waals surface area contributed by atoms with Crippen LogP contribution in [0.1, 0.15) is 42.9 Å². The van der Waals surface area contributed by atoms with Crippen molar-refractivity contribution in [3.63, 3.8) is 0 Å². The van der Waals surface area contributed by atoms with E-state index in [1.165, 1.54) is 0 Å². The molecule has 0 aliphatic carbocycles. The Balaban J connectivity index is 1.50. The maximum atomic E-state index is 12.7. The number of fused-ring (bicyclic) bond motifs is 2. The van der Waals surface area contributed by atoms with Gasteiger partial charge in [-0.05, 0) is 58.5 Å². The van der Waals surface area contributed by atoms with Crippen LogP contribution in [0.2, 0.25) is 0 Å². The molecule has 4 heterocycles. The molecule has 0 spiro atoms. The van der Waals surface area contributed by atoms with Crippen LogP contribution in [0.4, 0.5) is 5.69 Å². The van der Waals surface area contributed by atoms with E-state index in [1.807, 2.05) is 48.9 Å². The van der Waals surface area contributed by atoms with Gasteiger partial charge in [-0.1, -0.05) is 0 Å². The summed E-state index contributed by atoms with van der Waals surface area (Å²) < 4.78 is 7.73. The fourth-order valence-corrected chi connectivity index (χ4v) is 4.72. The highest BCUT2D eigenvalue weighted by molar-refractivity contribution is 5.96. The summed E-state index contributed by atoms with van der Waals surface area (Å²) in [5, 5.41) is 0. The van der Waals surface area contributed by atoms with Crippen molar-refractivity contribution < 1.29 is 9.53 Å². The number of aromatic nitrogens is 3. The van der Waals surface area contributed by atoms with Crippen molar-refractivity contribution in [2.45, 2.75) is 46.2 Å². The third-order valence-corrected chi connectivity index (χ3v) is 6.67. The van der Waals surface area contributed by atoms with Crippen LogP contribution in [0.15, 0.2) is 30.6 Å². The Labute approximate surface area is 188 Å². The Bertz CT molecular complexity index is 1230. The van der Waals surface area contributed by atoms with Gasteiger partial charge in [0.2, 0.25) is 0 Å². The highest BCUT2D eigenvalue weighted by Gasteiger charge is 2.28. The molecule has 2 aliphatic heterocycles. The minimum absolute atomic E-state index is 0.182. The molecule has 1 fully saturated rings. The second-order valence-electron chi connectivity index (χ2n) is 9.14. The number of anilines is 1. The minimum atomic E-state index is -0.268. The summed E-state index contributed by atoms with van der Waals surface area (Å²) in [5.41, 5.74) is 6.21. The van der Waals surface area contributed by atoms with Crippen LogP contribution < -0.4 is 9.64 Å². The van der Waals surface area contributed by atoms with Crippen LogP contribution in [0.5, 0.6) is 5.75 Å². The minimum Gasteiger partial charge on any atom is -0.426 e. The zero-order chi connectivity index (χ0) is 22.6. The van der Waals surface area contributed by atoms with E-state index < -0.39 is 0 Å². The third-order valence-electron chi connectivity index (χ3n) is 6.67. The molecule has 2 aromatic heterocycles. The van der Waals surface area contributed by atoms with Gasteiger partial charge < -0.3 is 14.0 Å². The highest BCUT2D eigenvalue weighted by Crippen LogP contribution is 2.34. The number of piperazine rings is 1. The number of carbonyl (C=O) groups is 1. The summed E-state index contributed by atoms with van der Waals surface area (Å²) in [4.78, 5) is 26.7. The molecule has 166 valence electrons. The zero-order valence-electron chi connectivity index (χ0n) is 19.3. The lowest BCUT2D eigenvalue weighted by Crippen LogP contribution is -2.55. The van der Waals surface area contributed by atoms with E-state index in [1.54, 1.807) is 0 Å². The third kappa shape index (κ3) is 3.66. The van der Waals surface area contributed by atoms with E-state index in [0.717, 1.165) is 52.6 Å². The topological polar surface area (TPSA) is 63.0 Å². The van der Waals surface area contributed by atoms with Crippen molar-refractivity contribution in [2.24, 2.45) is 0 Å². The molecule has 5 rings (SSSR count). The van der Waals surface area contributed by atoms with Crippen molar-refractivity contribution in [2.75, 3.05) is 25.0 Å². The molecule has 2 aliphatic rings. The van der Waals surface area contributed by atoms with Crippen LogP contribution in [0, 0.1) is 13.8 Å². The molecule has 0 radical (unpaired) electrons. The number of ether oxygens (including phenoxy) is 1. The predicted molar refractivity (Wildman–Crippen MR) is 126 cm³/mol. The van der Waals surface area contributed by atoms with Gasteiger partial charge in [0.15, 0.2) is 5.65 Å². The summed E-state index contributed by atoms with van der Waals surface area (Å²) in [6.07, 6.45) is 6.12. The van der Waals surface area contributed by atoms with E-state index in [0.29, 0.717) is 17.8 Å². The highest BCUT2D eigenvalue weighted by atomic mass is 16.5. The van der Waals surface area contributed by atoms with Gasteiger partial charge in [-0.3, -0.25) is 14.7 Å². The predicted octanol–water partition coefficient (Wildman–Crippen LogP) is 3.72. The number of imidazole rings is 1. The van der Waals surface area contributed by atoms with Gasteiger partial charge in [-0.25, -0.2) is 4.98 Å². The van der Waals surface area contributed by atoms with Crippen LogP contribution in [-0.4, -0.2) is 57.5 Å². The van der Waals surface area contributed by atoms with E-state index in [-0.39, 0.29) is 12.4 Å². The van der Waals surface area contributed by atoms with Gasteiger partial charge in [0.1, 0.15) is 5.75 Å². The van der Waals surface area contributed by atoms with Crippen LogP contribution in [-0.2, 0) is 4.79 Å². The molecule has 3 aromatic rings. The number of esters is 1. The number of hydrogen-bond donors (Lipinski definition) is 0. The molecule has 1 aromatic carbocycles. The van der Waals surface area contributed by atoms with Crippen molar-refractivity contribution in [1.29, 1.82) is 0 Å². The first-order valence-electron chi connectivity index (χ1n) is 11.1. The molecule has 2 atom stereocenters. The molecule has 32 heavy (non-hydrogen) atoms. The molecule has 7 nitrogen and oxygen atoms in total. The van der Waals surface area contributed by atoms with Gasteiger partial charge in [0.05, 0.1) is 23.5 Å². The maximum Gasteiger partial charge on any atom is 0.315 e. The lowest BCUT2D eigenvalue weighted by molar-refractivity contribution is -0.133. The summed E-state index contributed by atoms with van der Waals surface area (Å²) in [5.74, 6) is 0.342. The quantitative estimate of drug-likeness (QED) is 0.455. The smallest absolute Gasteiger partial charge is 0.315 e. The van der Waals surface area contributed by atoms with Crippen LogP contribution >= 0.6 is 0 Å². The first-order chi connectivity index (χ1) is 15.3. The number of carbonyl (C=O) groups excluding carboxylic acids is 1.